The molecule has 65 valence electrons. The monoisotopic (exact) mass is 163 g/mol. The lowest BCUT2D eigenvalue weighted by atomic mass is 9.86. The maximum atomic E-state index is 10.6. The summed E-state index contributed by atoms with van der Waals surface area (Å²) in [5, 5.41) is 10.6. The molecule has 0 amide bonds. The van der Waals surface area contributed by atoms with E-state index in [-0.39, 0.29) is 12.0 Å². The van der Waals surface area contributed by atoms with E-state index in [0.29, 0.717) is 0 Å². The number of rotatable bonds is 1. The van der Waals surface area contributed by atoms with Crippen LogP contribution in [0.1, 0.15) is 31.9 Å². The average Bonchev–Trinajstić information content (AvgIpc) is 2.03. The van der Waals surface area contributed by atoms with Crippen LogP contribution in [0, 0.1) is 0 Å². The van der Waals surface area contributed by atoms with Crippen LogP contribution < -0.4 is 0 Å². The molecule has 1 rings (SSSR count). The van der Waals surface area contributed by atoms with E-state index in [1.165, 1.54) is 5.56 Å². The van der Waals surface area contributed by atoms with Crippen molar-refractivity contribution < 1.29 is 5.11 Å². The second-order valence-corrected chi connectivity index (χ2v) is 4.09. The molecule has 0 fully saturated rings. The minimum Gasteiger partial charge on any atom is -0.232 e. The molecule has 0 saturated heterocycles. The number of hydrogen-bond acceptors (Lipinski definition) is 0. The molecule has 1 nitrogen and oxygen atoms in total. The van der Waals surface area contributed by atoms with Crippen molar-refractivity contribution in [3.63, 3.8) is 0 Å². The standard InChI is InChI=1S/C11H15O/c1-11(2,3)10-6-4-5-9(7-10)8-12/h4-7H,8H2,1-3H3. The summed E-state index contributed by atoms with van der Waals surface area (Å²) in [7, 11) is 0. The van der Waals surface area contributed by atoms with Crippen LogP contribution >= 0.6 is 0 Å². The summed E-state index contributed by atoms with van der Waals surface area (Å²) in [6, 6.07) is 7.89. The van der Waals surface area contributed by atoms with Gasteiger partial charge >= 0.3 is 0 Å². The van der Waals surface area contributed by atoms with Crippen molar-refractivity contribution in [2.75, 3.05) is 0 Å². The Morgan fingerprint density at radius 1 is 1.25 bits per heavy atom. The van der Waals surface area contributed by atoms with Crippen molar-refractivity contribution in [1.82, 2.24) is 0 Å². The van der Waals surface area contributed by atoms with Gasteiger partial charge in [-0.25, -0.2) is 5.11 Å². The van der Waals surface area contributed by atoms with Crippen molar-refractivity contribution >= 4 is 0 Å². The molecular formula is C11H15O. The van der Waals surface area contributed by atoms with Crippen LogP contribution in [0.25, 0.3) is 0 Å². The predicted molar refractivity (Wildman–Crippen MR) is 49.5 cm³/mol. The summed E-state index contributed by atoms with van der Waals surface area (Å²) >= 11 is 0. The Balaban J connectivity index is 3.02. The number of benzene rings is 1. The maximum Gasteiger partial charge on any atom is 0.107 e. The van der Waals surface area contributed by atoms with Crippen molar-refractivity contribution in [2.45, 2.75) is 32.8 Å². The average molecular weight is 163 g/mol. The molecule has 0 unspecified atom stereocenters. The maximum absolute atomic E-state index is 10.6. The highest BCUT2D eigenvalue weighted by Crippen LogP contribution is 2.22. The Morgan fingerprint density at radius 3 is 2.42 bits per heavy atom. The molecule has 0 aliphatic heterocycles. The molecule has 0 aromatic heterocycles. The Morgan fingerprint density at radius 2 is 1.92 bits per heavy atom. The predicted octanol–water partition coefficient (Wildman–Crippen LogP) is 2.91. The molecule has 0 saturated carbocycles. The van der Waals surface area contributed by atoms with Gasteiger partial charge in [-0.3, -0.25) is 0 Å². The largest absolute Gasteiger partial charge is 0.232 e. The van der Waals surface area contributed by atoms with E-state index in [2.05, 4.69) is 26.8 Å². The van der Waals surface area contributed by atoms with Crippen LogP contribution in [0.4, 0.5) is 0 Å². The zero-order valence-electron chi connectivity index (χ0n) is 7.92. The van der Waals surface area contributed by atoms with E-state index in [1.54, 1.807) is 0 Å². The van der Waals surface area contributed by atoms with E-state index in [1.807, 2.05) is 18.2 Å². The molecule has 0 heterocycles. The third-order valence-corrected chi connectivity index (χ3v) is 1.96. The lowest BCUT2D eigenvalue weighted by molar-refractivity contribution is 0.177. The zero-order chi connectivity index (χ0) is 9.19. The Bertz CT molecular complexity index is 258. The van der Waals surface area contributed by atoms with Gasteiger partial charge in [-0.05, 0) is 16.5 Å². The molecule has 1 radical (unpaired) electrons. The van der Waals surface area contributed by atoms with Crippen molar-refractivity contribution in [3.8, 4) is 0 Å². The van der Waals surface area contributed by atoms with Crippen LogP contribution in [0.5, 0.6) is 0 Å². The molecule has 1 aromatic carbocycles. The van der Waals surface area contributed by atoms with Gasteiger partial charge in [0.25, 0.3) is 0 Å². The summed E-state index contributed by atoms with van der Waals surface area (Å²) < 4.78 is 0. The van der Waals surface area contributed by atoms with Crippen molar-refractivity contribution in [2.24, 2.45) is 0 Å². The second-order valence-electron chi connectivity index (χ2n) is 4.09. The summed E-state index contributed by atoms with van der Waals surface area (Å²) in [5.74, 6) is 0. The van der Waals surface area contributed by atoms with E-state index in [4.69, 9.17) is 0 Å². The minimum atomic E-state index is -0.121. The SMILES string of the molecule is CC(C)(C)c1cccc(C[O])c1. The van der Waals surface area contributed by atoms with Crippen LogP contribution in [0.2, 0.25) is 0 Å². The first-order chi connectivity index (χ1) is 5.54. The van der Waals surface area contributed by atoms with Gasteiger partial charge < -0.3 is 0 Å². The summed E-state index contributed by atoms with van der Waals surface area (Å²) in [6.07, 6.45) is 0. The topological polar surface area (TPSA) is 19.9 Å². The van der Waals surface area contributed by atoms with Crippen molar-refractivity contribution in [3.05, 3.63) is 35.4 Å². The highest BCUT2D eigenvalue weighted by atomic mass is 16.3. The van der Waals surface area contributed by atoms with Crippen LogP contribution in [-0.2, 0) is 17.1 Å². The highest BCUT2D eigenvalue weighted by Gasteiger charge is 2.12. The summed E-state index contributed by atoms with van der Waals surface area (Å²) in [5.41, 5.74) is 2.25. The lowest BCUT2D eigenvalue weighted by Gasteiger charge is -2.19. The van der Waals surface area contributed by atoms with Crippen molar-refractivity contribution in [1.29, 1.82) is 0 Å². The van der Waals surface area contributed by atoms with Gasteiger partial charge in [-0.1, -0.05) is 45.0 Å². The fraction of sp³-hybridized carbons (Fsp3) is 0.455. The first kappa shape index (κ1) is 9.27. The molecule has 0 N–H and O–H groups in total. The van der Waals surface area contributed by atoms with Crippen LogP contribution in [0.15, 0.2) is 24.3 Å². The molecular weight excluding hydrogens is 148 g/mol. The van der Waals surface area contributed by atoms with E-state index >= 15 is 0 Å². The van der Waals surface area contributed by atoms with Crippen LogP contribution in [0.3, 0.4) is 0 Å². The molecule has 0 atom stereocenters. The van der Waals surface area contributed by atoms with Gasteiger partial charge in [0.1, 0.15) is 6.61 Å². The van der Waals surface area contributed by atoms with Gasteiger partial charge in [-0.2, -0.15) is 0 Å². The third kappa shape index (κ3) is 2.08. The van der Waals surface area contributed by atoms with Gasteiger partial charge in [0.2, 0.25) is 0 Å². The zero-order valence-corrected chi connectivity index (χ0v) is 7.92. The lowest BCUT2D eigenvalue weighted by Crippen LogP contribution is -2.11. The van der Waals surface area contributed by atoms with Gasteiger partial charge in [-0.15, -0.1) is 0 Å². The fourth-order valence-electron chi connectivity index (χ4n) is 1.13. The first-order valence-electron chi connectivity index (χ1n) is 4.21. The van der Waals surface area contributed by atoms with Gasteiger partial charge in [0.05, 0.1) is 0 Å². The highest BCUT2D eigenvalue weighted by molar-refractivity contribution is 5.27. The molecule has 0 bridgehead atoms. The van der Waals surface area contributed by atoms with E-state index in [0.717, 1.165) is 5.56 Å². The Labute approximate surface area is 74.1 Å². The van der Waals surface area contributed by atoms with E-state index < -0.39 is 0 Å². The second kappa shape index (κ2) is 3.28. The van der Waals surface area contributed by atoms with Gasteiger partial charge in [0.15, 0.2) is 0 Å². The van der Waals surface area contributed by atoms with Crippen LogP contribution in [-0.4, -0.2) is 0 Å². The third-order valence-electron chi connectivity index (χ3n) is 1.96. The summed E-state index contributed by atoms with van der Waals surface area (Å²) in [4.78, 5) is 0. The molecule has 1 aromatic rings. The first-order valence-corrected chi connectivity index (χ1v) is 4.21. The molecule has 12 heavy (non-hydrogen) atoms. The molecule has 0 spiro atoms. The Kier molecular flexibility index (Phi) is 2.53. The molecule has 0 aliphatic rings. The molecule has 1 heteroatoms. The fourth-order valence-corrected chi connectivity index (χ4v) is 1.13. The van der Waals surface area contributed by atoms with E-state index in [9.17, 15) is 5.11 Å². The molecule has 0 aliphatic carbocycles. The van der Waals surface area contributed by atoms with Gasteiger partial charge in [0, 0.05) is 0 Å². The number of hydrogen-bond donors (Lipinski definition) is 0. The Hall–Kier alpha value is -0.820. The normalized spacial score (nSPS) is 11.7. The minimum absolute atomic E-state index is 0.121. The quantitative estimate of drug-likeness (QED) is 0.606. The smallest absolute Gasteiger partial charge is 0.107 e. The summed E-state index contributed by atoms with van der Waals surface area (Å²) in [6.45, 7) is 6.33.